The zero-order chi connectivity index (χ0) is 64.2. The molecule has 2 saturated heterocycles. The highest BCUT2D eigenvalue weighted by atomic mass is 127. The summed E-state index contributed by atoms with van der Waals surface area (Å²) in [7, 11) is 0. The fraction of sp³-hybridized carbons (Fsp3) is 0.662. The number of hydrogen-bond donors (Lipinski definition) is 3. The van der Waals surface area contributed by atoms with Gasteiger partial charge >= 0.3 is 17.9 Å². The first-order chi connectivity index (χ1) is 42.9. The molecular formula is C74H111IN6O8. The molecule has 15 heteroatoms. The van der Waals surface area contributed by atoms with Gasteiger partial charge in [-0.1, -0.05) is 182 Å². The number of anilines is 2. The van der Waals surface area contributed by atoms with Crippen LogP contribution < -0.4 is 10.6 Å². The van der Waals surface area contributed by atoms with Gasteiger partial charge < -0.3 is 30.1 Å². The number of ether oxygens (including phenoxy) is 2. The van der Waals surface area contributed by atoms with Crippen LogP contribution in [0.1, 0.15) is 221 Å². The van der Waals surface area contributed by atoms with Crippen molar-refractivity contribution in [1.29, 1.82) is 0 Å². The Labute approximate surface area is 548 Å². The van der Waals surface area contributed by atoms with Crippen molar-refractivity contribution in [2.24, 2.45) is 52.3 Å². The number of carbonyl (C=O) groups is 5. The van der Waals surface area contributed by atoms with Crippen LogP contribution in [0.3, 0.4) is 0 Å². The van der Waals surface area contributed by atoms with Crippen molar-refractivity contribution in [3.05, 3.63) is 88.6 Å². The number of halogens is 1. The van der Waals surface area contributed by atoms with Crippen molar-refractivity contribution in [2.45, 2.75) is 222 Å². The fourth-order valence-corrected chi connectivity index (χ4v) is 13.9. The molecule has 14 nitrogen and oxygen atoms in total. The molecule has 3 aliphatic heterocycles. The van der Waals surface area contributed by atoms with Gasteiger partial charge in [-0.05, 0) is 157 Å². The number of carboxylic acid groups (broad SMARTS) is 1. The predicted octanol–water partition coefficient (Wildman–Crippen LogP) is 16.8. The molecule has 4 N–H and O–H groups in total. The van der Waals surface area contributed by atoms with Crippen molar-refractivity contribution in [1.82, 2.24) is 15.1 Å². The molecule has 6 fully saturated rings. The second-order valence-electron chi connectivity index (χ2n) is 27.5. The van der Waals surface area contributed by atoms with Crippen LogP contribution in [0.2, 0.25) is 0 Å². The molecule has 5 aliphatic carbocycles. The molecule has 8 aliphatic rings. The number of hydrogen-bond acceptors (Lipinski definition) is 12. The molecule has 3 aromatic rings. The van der Waals surface area contributed by atoms with Crippen LogP contribution in [0.15, 0.2) is 88.1 Å². The lowest BCUT2D eigenvalue weighted by molar-refractivity contribution is -0.155. The second kappa shape index (κ2) is 38.5. The molecule has 4 saturated carbocycles. The largest absolute Gasteiger partial charge is 0.481 e. The summed E-state index contributed by atoms with van der Waals surface area (Å²) in [6, 6.07) is 20.5. The number of nitrogens with one attached hydrogen (secondary N) is 1. The summed E-state index contributed by atoms with van der Waals surface area (Å²) < 4.78 is 11.6. The van der Waals surface area contributed by atoms with Crippen LogP contribution in [0.25, 0.3) is 11.3 Å². The summed E-state index contributed by atoms with van der Waals surface area (Å²) in [5, 5.41) is 15.6. The van der Waals surface area contributed by atoms with Gasteiger partial charge in [0.15, 0.2) is 11.6 Å². The molecule has 0 spiro atoms. The van der Waals surface area contributed by atoms with Crippen molar-refractivity contribution in [3.8, 4) is 11.3 Å². The standard InChI is InChI=1S/C25H30N2O.C14H18N4.C13H22O3.C11H20O2.C7H12O2.C4H9I/c1-17-16-20-23(25(28)21(17)18-10-6-7-11-18)26-22(19-12-4-2-5-13-19)24(20)27-14-8-3-9-15-27;15-14-13(18-9-5-2-6-10-18)12(16-17-14)11-7-3-1-4-8-11;1-9(2)8-16-13(15)12(10(3)14)11-6-4-5-7-11;1-9(2)8-13-11(12)7-10-5-3-4-6-10;8-7(9)5-6-3-1-2-4-6;1-4(2)3-5/h2,4-5,12-13,18,23H,3,6-11,14-16H2,1H3;1,3-4,7-8H,2,5-6,9-10H2,(H3,15,16,17);9,11-12H,4-8H2,1-3H3;9-10H,3-8H2,1-2H3;6H,1-5H2,(H,8,9);4H,3H2,1-2H3. The molecule has 2 aromatic carbocycles. The number of allylic oxidation sites excluding steroid dienone is 2. The minimum atomic E-state index is -0.637. The van der Waals surface area contributed by atoms with Crippen LogP contribution in [0.4, 0.5) is 11.5 Å². The van der Waals surface area contributed by atoms with Crippen molar-refractivity contribution in [2.75, 3.05) is 54.5 Å². The molecule has 492 valence electrons. The van der Waals surface area contributed by atoms with E-state index in [9.17, 15) is 24.0 Å². The maximum atomic E-state index is 13.6. The summed E-state index contributed by atoms with van der Waals surface area (Å²) >= 11 is 2.38. The number of nitrogens with two attached hydrogens (primary N) is 1. The first-order valence-electron chi connectivity index (χ1n) is 34.5. The van der Waals surface area contributed by atoms with E-state index >= 15 is 0 Å². The Bertz CT molecular complexity index is 2740. The van der Waals surface area contributed by atoms with Gasteiger partial charge in [-0.25, -0.2) is 0 Å². The van der Waals surface area contributed by atoms with Gasteiger partial charge in [0.1, 0.15) is 23.4 Å². The molecule has 0 amide bonds. The lowest BCUT2D eigenvalue weighted by Gasteiger charge is -2.33. The number of ketones is 2. The average molecular weight is 1340 g/mol. The van der Waals surface area contributed by atoms with Crippen molar-refractivity contribution >= 4 is 69.3 Å². The lowest BCUT2D eigenvalue weighted by atomic mass is 9.78. The number of aromatic amines is 1. The molecule has 0 bridgehead atoms. The Hall–Kier alpha value is -5.32. The molecule has 1 aromatic heterocycles. The molecule has 2 unspecified atom stereocenters. The van der Waals surface area contributed by atoms with Crippen molar-refractivity contribution in [3.63, 3.8) is 0 Å². The number of aliphatic imine (C=N–C) groups is 1. The van der Waals surface area contributed by atoms with E-state index < -0.39 is 11.9 Å². The second-order valence-corrected chi connectivity index (χ2v) is 28.4. The summed E-state index contributed by atoms with van der Waals surface area (Å²) in [6.07, 6.45) is 28.4. The van der Waals surface area contributed by atoms with Crippen LogP contribution in [0.5, 0.6) is 0 Å². The van der Waals surface area contributed by atoms with E-state index in [1.165, 1.54) is 131 Å². The maximum Gasteiger partial charge on any atom is 0.316 e. The quantitative estimate of drug-likeness (QED) is 0.0501. The maximum absolute atomic E-state index is 13.6. The molecular weight excluding hydrogens is 1230 g/mol. The number of piperidine rings is 2. The van der Waals surface area contributed by atoms with Gasteiger partial charge in [-0.15, -0.1) is 0 Å². The van der Waals surface area contributed by atoms with Crippen molar-refractivity contribution < 1.29 is 38.6 Å². The van der Waals surface area contributed by atoms with E-state index in [0.29, 0.717) is 67.2 Å². The number of carbonyl (C=O) groups excluding carboxylic acids is 4. The smallest absolute Gasteiger partial charge is 0.316 e. The Balaban J connectivity index is 0.000000182. The summed E-state index contributed by atoms with van der Waals surface area (Å²) in [5.41, 5.74) is 16.5. The number of fused-ring (bicyclic) bond motifs is 1. The minimum absolute atomic E-state index is 0.000556. The third-order valence-corrected chi connectivity index (χ3v) is 20.2. The van der Waals surface area contributed by atoms with E-state index in [4.69, 9.17) is 25.3 Å². The molecule has 0 radical (unpaired) electrons. The Kier molecular flexibility index (Phi) is 31.5. The number of aromatic nitrogens is 2. The summed E-state index contributed by atoms with van der Waals surface area (Å²) in [4.78, 5) is 68.3. The number of rotatable bonds is 17. The van der Waals surface area contributed by atoms with Crippen LogP contribution in [-0.4, -0.2) is 105 Å². The van der Waals surface area contributed by atoms with E-state index in [1.807, 2.05) is 32.0 Å². The molecule has 89 heavy (non-hydrogen) atoms. The summed E-state index contributed by atoms with van der Waals surface area (Å²) in [5.74, 6) is 2.84. The van der Waals surface area contributed by atoms with Gasteiger partial charge in [0.25, 0.3) is 0 Å². The van der Waals surface area contributed by atoms with Gasteiger partial charge in [0.05, 0.1) is 30.3 Å². The highest BCUT2D eigenvalue weighted by Crippen LogP contribution is 2.44. The SMILES string of the molecule is CC(=O)C(C(=O)OCC(C)C)C1CCCC1.CC(C)CI.CC(C)COC(=O)CC1CCCC1.CC1=C(C2CCCC2)C(=O)C2N=C(c3ccccc3)C(N3CCCCC3)=C2C1.Nc1n[nH]c(-c2ccccc2)c1N1CCCCC1.O=C(O)CC1CCCC1. The lowest BCUT2D eigenvalue weighted by Crippen LogP contribution is -2.34. The number of nitrogens with zero attached hydrogens (tertiary/aromatic N) is 4. The number of aliphatic carboxylic acids is 1. The molecule has 11 rings (SSSR count). The third-order valence-electron chi connectivity index (χ3n) is 18.4. The number of H-pyrrole nitrogens is 1. The number of Topliss-reactive ketones (excluding diaryl/α,β-unsaturated/α-hetero) is 2. The van der Waals surface area contributed by atoms with E-state index in [0.717, 1.165) is 111 Å². The highest BCUT2D eigenvalue weighted by molar-refractivity contribution is 14.1. The number of likely N-dealkylation sites (tertiary alicyclic amines) is 1. The minimum Gasteiger partial charge on any atom is -0.481 e. The number of nitrogen functional groups attached to an aromatic ring is 1. The Morgan fingerprint density at radius 2 is 1.13 bits per heavy atom. The number of benzene rings is 2. The normalized spacial score (nSPS) is 20.1. The predicted molar refractivity (Wildman–Crippen MR) is 370 cm³/mol. The van der Waals surface area contributed by atoms with E-state index in [2.05, 4.69) is 120 Å². The molecule has 2 atom stereocenters. The monoisotopic (exact) mass is 1340 g/mol. The fourth-order valence-electron chi connectivity index (χ4n) is 13.9. The zero-order valence-electron chi connectivity index (χ0n) is 55.6. The first kappa shape index (κ1) is 72.7. The summed E-state index contributed by atoms with van der Waals surface area (Å²) in [6.45, 7) is 21.5. The number of alkyl halides is 1. The topological polar surface area (TPSA) is 198 Å². The number of esters is 2. The van der Waals surface area contributed by atoms with Gasteiger partial charge in [-0.2, -0.15) is 5.10 Å². The van der Waals surface area contributed by atoms with E-state index in [1.54, 1.807) is 0 Å². The van der Waals surface area contributed by atoms with E-state index in [-0.39, 0.29) is 29.7 Å². The van der Waals surface area contributed by atoms with Crippen LogP contribution >= 0.6 is 22.6 Å². The molecule has 4 heterocycles. The average Bonchev–Trinajstić information content (AvgIpc) is 1.65. The third kappa shape index (κ3) is 23.4. The Morgan fingerprint density at radius 1 is 0.652 bits per heavy atom. The first-order valence-corrected chi connectivity index (χ1v) is 36.0. The van der Waals surface area contributed by atoms with Crippen LogP contribution in [-0.2, 0) is 33.4 Å². The number of carboxylic acids is 1. The van der Waals surface area contributed by atoms with Crippen LogP contribution in [0, 0.1) is 47.3 Å². The van der Waals surface area contributed by atoms with Gasteiger partial charge in [0, 0.05) is 60.1 Å². The zero-order valence-corrected chi connectivity index (χ0v) is 57.8. The Morgan fingerprint density at radius 3 is 1.64 bits per heavy atom. The van der Waals surface area contributed by atoms with Gasteiger partial charge in [0.2, 0.25) is 0 Å². The van der Waals surface area contributed by atoms with Gasteiger partial charge in [-0.3, -0.25) is 34.1 Å². The highest BCUT2D eigenvalue weighted by Gasteiger charge is 2.43.